The molecule has 1 heterocycles. The Morgan fingerprint density at radius 1 is 1.07 bits per heavy atom. The molecule has 160 valence electrons. The molecule has 0 saturated carbocycles. The van der Waals surface area contributed by atoms with Gasteiger partial charge in [0.2, 0.25) is 0 Å². The Morgan fingerprint density at radius 3 is 2.43 bits per heavy atom. The van der Waals surface area contributed by atoms with E-state index in [0.29, 0.717) is 6.42 Å². The summed E-state index contributed by atoms with van der Waals surface area (Å²) < 4.78 is 9.40. The Bertz CT molecular complexity index is 497. The Labute approximate surface area is 170 Å². The van der Waals surface area contributed by atoms with Crippen LogP contribution in [0.1, 0.15) is 96.8 Å². The summed E-state index contributed by atoms with van der Waals surface area (Å²) in [6.07, 6.45) is 18.2. The minimum absolute atomic E-state index is 0.101. The second kappa shape index (κ2) is 15.3. The maximum absolute atomic E-state index is 12.0. The number of methoxy groups -OCH3 is 1. The number of rotatable bonds is 16. The summed E-state index contributed by atoms with van der Waals surface area (Å²) in [6.45, 7) is 2.21. The molecule has 0 bridgehead atoms. The van der Waals surface area contributed by atoms with Crippen molar-refractivity contribution >= 4 is 17.9 Å². The van der Waals surface area contributed by atoms with Crippen LogP contribution in [0.15, 0.2) is 12.2 Å². The molecule has 2 unspecified atom stereocenters. The SMILES string of the molecule is CCCCCCCCC(/C=C/CCCCCCC(=O)OC)C1CC(=O)OC1=O. The van der Waals surface area contributed by atoms with Gasteiger partial charge in [-0.05, 0) is 31.6 Å². The summed E-state index contributed by atoms with van der Waals surface area (Å²) in [7, 11) is 1.42. The van der Waals surface area contributed by atoms with Crippen LogP contribution in [0.5, 0.6) is 0 Å². The van der Waals surface area contributed by atoms with Crippen molar-refractivity contribution < 1.29 is 23.9 Å². The standard InChI is InChI=1S/C23H38O5/c1-3-4-5-6-9-12-15-19(20-18-22(25)28-23(20)26)16-13-10-7-8-11-14-17-21(24)27-2/h13,16,19-20H,3-12,14-15,17-18H2,1-2H3/b16-13+. The van der Waals surface area contributed by atoms with Gasteiger partial charge in [-0.25, -0.2) is 0 Å². The first-order valence-corrected chi connectivity index (χ1v) is 11.1. The third kappa shape index (κ3) is 10.6. The lowest BCUT2D eigenvalue weighted by atomic mass is 9.86. The highest BCUT2D eigenvalue weighted by molar-refractivity contribution is 5.94. The van der Waals surface area contributed by atoms with E-state index in [1.165, 1.54) is 39.2 Å². The minimum atomic E-state index is -0.387. The van der Waals surface area contributed by atoms with E-state index in [9.17, 15) is 14.4 Å². The van der Waals surface area contributed by atoms with Gasteiger partial charge in [-0.15, -0.1) is 0 Å². The van der Waals surface area contributed by atoms with Crippen LogP contribution in [0.25, 0.3) is 0 Å². The molecule has 0 spiro atoms. The van der Waals surface area contributed by atoms with Gasteiger partial charge >= 0.3 is 17.9 Å². The molecule has 0 N–H and O–H groups in total. The lowest BCUT2D eigenvalue weighted by molar-refractivity contribution is -0.153. The van der Waals surface area contributed by atoms with E-state index in [2.05, 4.69) is 23.8 Å². The summed E-state index contributed by atoms with van der Waals surface area (Å²) in [5, 5.41) is 0. The van der Waals surface area contributed by atoms with Crippen LogP contribution in [0.4, 0.5) is 0 Å². The fraction of sp³-hybridized carbons (Fsp3) is 0.783. The molecule has 1 rings (SSSR count). The average molecular weight is 395 g/mol. The van der Waals surface area contributed by atoms with E-state index in [0.717, 1.165) is 44.9 Å². The Morgan fingerprint density at radius 2 is 1.75 bits per heavy atom. The van der Waals surface area contributed by atoms with E-state index in [4.69, 9.17) is 4.74 Å². The number of cyclic esters (lactones) is 2. The van der Waals surface area contributed by atoms with Gasteiger partial charge in [0.15, 0.2) is 0 Å². The van der Waals surface area contributed by atoms with Gasteiger partial charge in [0.05, 0.1) is 19.4 Å². The molecule has 5 nitrogen and oxygen atoms in total. The highest BCUT2D eigenvalue weighted by Gasteiger charge is 2.37. The predicted molar refractivity (Wildman–Crippen MR) is 110 cm³/mol. The minimum Gasteiger partial charge on any atom is -0.469 e. The largest absolute Gasteiger partial charge is 0.469 e. The first kappa shape index (κ1) is 24.4. The molecule has 0 aromatic rings. The van der Waals surface area contributed by atoms with E-state index in [1.54, 1.807) is 0 Å². The topological polar surface area (TPSA) is 69.7 Å². The Balaban J connectivity index is 2.32. The predicted octanol–water partition coefficient (Wildman–Crippen LogP) is 5.51. The van der Waals surface area contributed by atoms with Crippen molar-refractivity contribution in [2.24, 2.45) is 11.8 Å². The lowest BCUT2D eigenvalue weighted by Crippen LogP contribution is -2.18. The molecule has 1 fully saturated rings. The fourth-order valence-electron chi connectivity index (χ4n) is 3.67. The number of hydrogen-bond acceptors (Lipinski definition) is 5. The molecular weight excluding hydrogens is 356 g/mol. The molecule has 0 aliphatic carbocycles. The van der Waals surface area contributed by atoms with E-state index >= 15 is 0 Å². The summed E-state index contributed by atoms with van der Waals surface area (Å²) in [4.78, 5) is 34.5. The van der Waals surface area contributed by atoms with Gasteiger partial charge < -0.3 is 9.47 Å². The number of hydrogen-bond donors (Lipinski definition) is 0. The zero-order valence-electron chi connectivity index (χ0n) is 17.8. The highest BCUT2D eigenvalue weighted by atomic mass is 16.6. The highest BCUT2D eigenvalue weighted by Crippen LogP contribution is 2.30. The van der Waals surface area contributed by atoms with Gasteiger partial charge in [-0.1, -0.05) is 70.4 Å². The van der Waals surface area contributed by atoms with Crippen molar-refractivity contribution in [2.45, 2.75) is 96.8 Å². The van der Waals surface area contributed by atoms with Crippen LogP contribution < -0.4 is 0 Å². The van der Waals surface area contributed by atoms with Crippen molar-refractivity contribution in [2.75, 3.05) is 7.11 Å². The number of carbonyl (C=O) groups excluding carboxylic acids is 3. The quantitative estimate of drug-likeness (QED) is 0.149. The zero-order valence-corrected chi connectivity index (χ0v) is 17.8. The number of unbranched alkanes of at least 4 members (excludes halogenated alkanes) is 9. The summed E-state index contributed by atoms with van der Waals surface area (Å²) in [5.41, 5.74) is 0. The zero-order chi connectivity index (χ0) is 20.6. The normalized spacial score (nSPS) is 17.9. The molecule has 28 heavy (non-hydrogen) atoms. The summed E-state index contributed by atoms with van der Waals surface area (Å²) >= 11 is 0. The van der Waals surface area contributed by atoms with Crippen LogP contribution in [-0.4, -0.2) is 25.0 Å². The van der Waals surface area contributed by atoms with Crippen molar-refractivity contribution in [3.63, 3.8) is 0 Å². The van der Waals surface area contributed by atoms with Crippen molar-refractivity contribution in [1.82, 2.24) is 0 Å². The van der Waals surface area contributed by atoms with E-state index < -0.39 is 0 Å². The van der Waals surface area contributed by atoms with Crippen LogP contribution in [0, 0.1) is 11.8 Å². The maximum atomic E-state index is 12.0. The van der Waals surface area contributed by atoms with Crippen LogP contribution in [-0.2, 0) is 23.9 Å². The first-order valence-electron chi connectivity index (χ1n) is 11.1. The van der Waals surface area contributed by atoms with Gasteiger partial charge in [0.1, 0.15) is 0 Å². The van der Waals surface area contributed by atoms with Gasteiger partial charge in [0, 0.05) is 6.42 Å². The molecule has 1 aliphatic rings. The fourth-order valence-corrected chi connectivity index (χ4v) is 3.67. The third-order valence-corrected chi connectivity index (χ3v) is 5.42. The number of ether oxygens (including phenoxy) is 2. The second-order valence-corrected chi connectivity index (χ2v) is 7.78. The second-order valence-electron chi connectivity index (χ2n) is 7.78. The number of allylic oxidation sites excluding steroid dienone is 2. The molecule has 0 aromatic heterocycles. The molecular formula is C23H38O5. The average Bonchev–Trinajstić information content (AvgIpc) is 3.02. The van der Waals surface area contributed by atoms with Gasteiger partial charge in [0.25, 0.3) is 0 Å². The number of esters is 3. The Kier molecular flexibility index (Phi) is 13.3. The van der Waals surface area contributed by atoms with Crippen molar-refractivity contribution in [3.8, 4) is 0 Å². The first-order chi connectivity index (χ1) is 13.6. The monoisotopic (exact) mass is 394 g/mol. The smallest absolute Gasteiger partial charge is 0.317 e. The molecule has 1 saturated heterocycles. The molecule has 0 aromatic carbocycles. The van der Waals surface area contributed by atoms with Crippen LogP contribution >= 0.6 is 0 Å². The van der Waals surface area contributed by atoms with Crippen molar-refractivity contribution in [3.05, 3.63) is 12.2 Å². The van der Waals surface area contributed by atoms with Gasteiger partial charge in [-0.2, -0.15) is 0 Å². The maximum Gasteiger partial charge on any atom is 0.317 e. The summed E-state index contributed by atoms with van der Waals surface area (Å²) in [5.74, 6) is -1.09. The third-order valence-electron chi connectivity index (χ3n) is 5.42. The molecule has 0 radical (unpaired) electrons. The number of carbonyl (C=O) groups is 3. The van der Waals surface area contributed by atoms with E-state index in [-0.39, 0.29) is 36.2 Å². The van der Waals surface area contributed by atoms with Crippen LogP contribution in [0.2, 0.25) is 0 Å². The van der Waals surface area contributed by atoms with E-state index in [1.807, 2.05) is 0 Å². The molecule has 2 atom stereocenters. The molecule has 5 heteroatoms. The lowest BCUT2D eigenvalue weighted by Gasteiger charge is -2.16. The van der Waals surface area contributed by atoms with Gasteiger partial charge in [-0.3, -0.25) is 14.4 Å². The summed E-state index contributed by atoms with van der Waals surface area (Å²) in [6, 6.07) is 0. The van der Waals surface area contributed by atoms with Crippen LogP contribution in [0.3, 0.4) is 0 Å². The van der Waals surface area contributed by atoms with Crippen molar-refractivity contribution in [1.29, 1.82) is 0 Å². The Hall–Kier alpha value is -1.65. The molecule has 0 amide bonds. The molecule has 1 aliphatic heterocycles.